The van der Waals surface area contributed by atoms with Gasteiger partial charge in [-0.2, -0.15) is 0 Å². The summed E-state index contributed by atoms with van der Waals surface area (Å²) in [4.78, 5) is 11.6. The third kappa shape index (κ3) is 2.58. The first-order chi connectivity index (χ1) is 6.56. The molecule has 2 nitrogen and oxygen atoms in total. The van der Waals surface area contributed by atoms with E-state index in [0.29, 0.717) is 5.56 Å². The number of esters is 1. The van der Waals surface area contributed by atoms with E-state index in [9.17, 15) is 4.79 Å². The highest BCUT2D eigenvalue weighted by Gasteiger charge is 2.14. The van der Waals surface area contributed by atoms with Crippen LogP contribution in [0.15, 0.2) is 22.7 Å². The van der Waals surface area contributed by atoms with Crippen LogP contribution in [0, 0.1) is 0 Å². The van der Waals surface area contributed by atoms with Gasteiger partial charge in [-0.15, -0.1) is 0 Å². The Morgan fingerprint density at radius 3 is 2.64 bits per heavy atom. The van der Waals surface area contributed by atoms with E-state index in [2.05, 4.69) is 31.9 Å². The highest BCUT2D eigenvalue weighted by molar-refractivity contribution is 9.10. The summed E-state index contributed by atoms with van der Waals surface area (Å²) in [6.07, 6.45) is 0. The Hall–Kier alpha value is -0.350. The van der Waals surface area contributed by atoms with E-state index in [-0.39, 0.29) is 10.8 Å². The van der Waals surface area contributed by atoms with Crippen LogP contribution in [-0.4, -0.2) is 13.1 Å². The lowest BCUT2D eigenvalue weighted by molar-refractivity contribution is 0.0599. The second kappa shape index (κ2) is 4.94. The Balaban J connectivity index is 3.22. The first-order valence-electron chi connectivity index (χ1n) is 4.08. The summed E-state index contributed by atoms with van der Waals surface area (Å²) in [5.74, 6) is -0.312. The summed E-state index contributed by atoms with van der Waals surface area (Å²) < 4.78 is 5.57. The number of hydrogen-bond donors (Lipinski definition) is 0. The maximum atomic E-state index is 11.4. The summed E-state index contributed by atoms with van der Waals surface area (Å²) >= 11 is 6.75. The molecule has 0 fully saturated rings. The third-order valence-corrected chi connectivity index (χ3v) is 2.84. The smallest absolute Gasteiger partial charge is 0.338 e. The van der Waals surface area contributed by atoms with E-state index in [1.54, 1.807) is 6.07 Å². The quantitative estimate of drug-likeness (QED) is 0.613. The van der Waals surface area contributed by atoms with Gasteiger partial charge in [0.15, 0.2) is 0 Å². The van der Waals surface area contributed by atoms with E-state index >= 15 is 0 Å². The maximum absolute atomic E-state index is 11.4. The zero-order valence-electron chi connectivity index (χ0n) is 7.88. The standard InChI is InChI=1S/C10H10Br2O2/c1-6(11)8-4-3-7(12)5-9(8)10(13)14-2/h3-6H,1-2H3. The van der Waals surface area contributed by atoms with Crippen molar-refractivity contribution in [3.8, 4) is 0 Å². The molecule has 0 aliphatic carbocycles. The molecule has 0 radical (unpaired) electrons. The molecule has 76 valence electrons. The van der Waals surface area contributed by atoms with E-state index < -0.39 is 0 Å². The van der Waals surface area contributed by atoms with Gasteiger partial charge in [-0.3, -0.25) is 0 Å². The molecule has 1 atom stereocenters. The lowest BCUT2D eigenvalue weighted by atomic mass is 10.1. The Kier molecular flexibility index (Phi) is 4.13. The Bertz CT molecular complexity index is 348. The number of alkyl halides is 1. The molecule has 0 aliphatic heterocycles. The number of halogens is 2. The zero-order valence-corrected chi connectivity index (χ0v) is 11.1. The number of ether oxygens (including phenoxy) is 1. The molecule has 1 rings (SSSR count). The molecule has 0 aliphatic rings. The molecule has 0 bridgehead atoms. The van der Waals surface area contributed by atoms with Crippen molar-refractivity contribution in [2.75, 3.05) is 7.11 Å². The van der Waals surface area contributed by atoms with E-state index in [1.807, 2.05) is 19.1 Å². The summed E-state index contributed by atoms with van der Waals surface area (Å²) in [5.41, 5.74) is 1.52. The summed E-state index contributed by atoms with van der Waals surface area (Å²) in [6.45, 7) is 1.97. The molecule has 0 spiro atoms. The molecule has 0 N–H and O–H groups in total. The number of hydrogen-bond acceptors (Lipinski definition) is 2. The van der Waals surface area contributed by atoms with Crippen LogP contribution >= 0.6 is 31.9 Å². The van der Waals surface area contributed by atoms with Crippen LogP contribution in [0.5, 0.6) is 0 Å². The van der Waals surface area contributed by atoms with Crippen molar-refractivity contribution in [3.63, 3.8) is 0 Å². The lowest BCUT2D eigenvalue weighted by Gasteiger charge is -2.09. The minimum atomic E-state index is -0.312. The molecule has 0 heterocycles. The van der Waals surface area contributed by atoms with E-state index in [4.69, 9.17) is 4.74 Å². The second-order valence-electron chi connectivity index (χ2n) is 2.84. The molecule has 1 unspecified atom stereocenters. The van der Waals surface area contributed by atoms with Gasteiger partial charge in [0.2, 0.25) is 0 Å². The van der Waals surface area contributed by atoms with Gasteiger partial charge in [-0.1, -0.05) is 37.9 Å². The van der Waals surface area contributed by atoms with Crippen LogP contribution in [0.2, 0.25) is 0 Å². The average molecular weight is 322 g/mol. The van der Waals surface area contributed by atoms with Crippen LogP contribution < -0.4 is 0 Å². The van der Waals surface area contributed by atoms with Gasteiger partial charge >= 0.3 is 5.97 Å². The number of benzene rings is 1. The SMILES string of the molecule is COC(=O)c1cc(Br)ccc1C(C)Br. The highest BCUT2D eigenvalue weighted by Crippen LogP contribution is 2.28. The second-order valence-corrected chi connectivity index (χ2v) is 5.13. The van der Waals surface area contributed by atoms with Gasteiger partial charge in [0.25, 0.3) is 0 Å². The molecule has 4 heteroatoms. The molecule has 0 saturated heterocycles. The molecule has 0 aromatic heterocycles. The van der Waals surface area contributed by atoms with E-state index in [1.165, 1.54) is 7.11 Å². The summed E-state index contributed by atoms with van der Waals surface area (Å²) in [7, 11) is 1.38. The van der Waals surface area contributed by atoms with Crippen molar-refractivity contribution < 1.29 is 9.53 Å². The van der Waals surface area contributed by atoms with Gasteiger partial charge in [0, 0.05) is 9.30 Å². The van der Waals surface area contributed by atoms with E-state index in [0.717, 1.165) is 10.0 Å². The van der Waals surface area contributed by atoms with Crippen LogP contribution in [-0.2, 0) is 4.74 Å². The monoisotopic (exact) mass is 320 g/mol. The minimum absolute atomic E-state index is 0.129. The number of carbonyl (C=O) groups excluding carboxylic acids is 1. The predicted molar refractivity (Wildman–Crippen MR) is 62.8 cm³/mol. The third-order valence-electron chi connectivity index (χ3n) is 1.85. The average Bonchev–Trinajstić information content (AvgIpc) is 2.16. The molecule has 1 aromatic rings. The van der Waals surface area contributed by atoms with Gasteiger partial charge < -0.3 is 4.74 Å². The van der Waals surface area contributed by atoms with Crippen LogP contribution in [0.25, 0.3) is 0 Å². The van der Waals surface area contributed by atoms with Crippen LogP contribution in [0.1, 0.15) is 27.7 Å². The Labute approximate surface area is 99.9 Å². The molecule has 1 aromatic carbocycles. The van der Waals surface area contributed by atoms with Crippen LogP contribution in [0.3, 0.4) is 0 Å². The van der Waals surface area contributed by atoms with Gasteiger partial charge in [-0.25, -0.2) is 4.79 Å². The number of rotatable bonds is 2. The first kappa shape index (κ1) is 11.7. The van der Waals surface area contributed by atoms with Crippen molar-refractivity contribution in [1.82, 2.24) is 0 Å². The molecular formula is C10H10Br2O2. The Morgan fingerprint density at radius 1 is 1.50 bits per heavy atom. The lowest BCUT2D eigenvalue weighted by Crippen LogP contribution is -2.05. The number of carbonyl (C=O) groups is 1. The zero-order chi connectivity index (χ0) is 10.7. The normalized spacial score (nSPS) is 12.3. The predicted octanol–water partition coefficient (Wildman–Crippen LogP) is 3.69. The maximum Gasteiger partial charge on any atom is 0.338 e. The van der Waals surface area contributed by atoms with Crippen LogP contribution in [0.4, 0.5) is 0 Å². The molecule has 0 saturated carbocycles. The summed E-state index contributed by atoms with van der Waals surface area (Å²) in [6, 6.07) is 5.56. The van der Waals surface area contributed by atoms with Gasteiger partial charge in [0.1, 0.15) is 0 Å². The van der Waals surface area contributed by atoms with Crippen molar-refractivity contribution in [2.24, 2.45) is 0 Å². The number of methoxy groups -OCH3 is 1. The van der Waals surface area contributed by atoms with Crippen molar-refractivity contribution in [1.29, 1.82) is 0 Å². The first-order valence-corrected chi connectivity index (χ1v) is 5.79. The highest BCUT2D eigenvalue weighted by atomic mass is 79.9. The Morgan fingerprint density at radius 2 is 2.14 bits per heavy atom. The fraction of sp³-hybridized carbons (Fsp3) is 0.300. The topological polar surface area (TPSA) is 26.3 Å². The molecule has 14 heavy (non-hydrogen) atoms. The van der Waals surface area contributed by atoms with Gasteiger partial charge in [-0.05, 0) is 24.6 Å². The summed E-state index contributed by atoms with van der Waals surface area (Å²) in [5, 5.41) is 0. The van der Waals surface area contributed by atoms with Gasteiger partial charge in [0.05, 0.1) is 12.7 Å². The van der Waals surface area contributed by atoms with Crippen molar-refractivity contribution >= 4 is 37.8 Å². The fourth-order valence-corrected chi connectivity index (χ4v) is 1.92. The van der Waals surface area contributed by atoms with Crippen molar-refractivity contribution in [2.45, 2.75) is 11.8 Å². The fourth-order valence-electron chi connectivity index (χ4n) is 1.16. The van der Waals surface area contributed by atoms with Crippen molar-refractivity contribution in [3.05, 3.63) is 33.8 Å². The minimum Gasteiger partial charge on any atom is -0.465 e. The molecule has 0 amide bonds. The largest absolute Gasteiger partial charge is 0.465 e. The molecular weight excluding hydrogens is 312 g/mol.